The lowest BCUT2D eigenvalue weighted by molar-refractivity contribution is -0.118. The first-order valence-electron chi connectivity index (χ1n) is 11.0. The fourth-order valence-corrected chi connectivity index (χ4v) is 4.61. The quantitative estimate of drug-likeness (QED) is 0.530. The van der Waals surface area contributed by atoms with Crippen LogP contribution in [0.15, 0.2) is 60.0 Å². The molecule has 2 aromatic carbocycles. The van der Waals surface area contributed by atoms with E-state index in [1.165, 1.54) is 28.5 Å². The molecule has 0 atom stereocenters. The van der Waals surface area contributed by atoms with Crippen LogP contribution in [-0.2, 0) is 22.6 Å². The van der Waals surface area contributed by atoms with Gasteiger partial charge in [-0.15, -0.1) is 0 Å². The van der Waals surface area contributed by atoms with Gasteiger partial charge in [0.2, 0.25) is 5.91 Å². The Kier molecular flexibility index (Phi) is 7.63. The molecule has 1 saturated heterocycles. The van der Waals surface area contributed by atoms with Gasteiger partial charge in [0.15, 0.2) is 5.16 Å². The van der Waals surface area contributed by atoms with E-state index in [0.717, 1.165) is 49.3 Å². The molecule has 1 amide bonds. The van der Waals surface area contributed by atoms with Gasteiger partial charge < -0.3 is 10.1 Å². The monoisotopic (exact) mass is 450 g/mol. The van der Waals surface area contributed by atoms with Crippen LogP contribution in [0.3, 0.4) is 0 Å². The zero-order valence-electron chi connectivity index (χ0n) is 18.7. The lowest BCUT2D eigenvalue weighted by Crippen LogP contribution is -2.36. The normalized spacial score (nSPS) is 14.4. The number of carbonyl (C=O) groups excluding carboxylic acids is 1. The number of ether oxygens (including phenoxy) is 1. The zero-order valence-corrected chi connectivity index (χ0v) is 19.5. The number of hydrogen-bond donors (Lipinski definition) is 1. The van der Waals surface area contributed by atoms with Gasteiger partial charge in [0.25, 0.3) is 0 Å². The van der Waals surface area contributed by atoms with Gasteiger partial charge in [-0.3, -0.25) is 14.3 Å². The number of morpholine rings is 1. The van der Waals surface area contributed by atoms with Crippen molar-refractivity contribution in [3.63, 3.8) is 0 Å². The van der Waals surface area contributed by atoms with Crippen molar-refractivity contribution >= 4 is 17.7 Å². The number of amides is 1. The maximum absolute atomic E-state index is 12.6. The summed E-state index contributed by atoms with van der Waals surface area (Å²) in [5.41, 5.74) is 5.89. The second kappa shape index (κ2) is 10.8. The summed E-state index contributed by atoms with van der Waals surface area (Å²) in [5, 5.41) is 3.90. The van der Waals surface area contributed by atoms with Crippen molar-refractivity contribution < 1.29 is 9.53 Å². The van der Waals surface area contributed by atoms with Gasteiger partial charge in [-0.25, -0.2) is 4.98 Å². The van der Waals surface area contributed by atoms with Crippen molar-refractivity contribution in [2.75, 3.05) is 32.1 Å². The molecular formula is C25H30N4O2S. The van der Waals surface area contributed by atoms with E-state index in [4.69, 9.17) is 4.74 Å². The van der Waals surface area contributed by atoms with Crippen LogP contribution < -0.4 is 5.32 Å². The molecule has 1 aliphatic heterocycles. The van der Waals surface area contributed by atoms with E-state index in [-0.39, 0.29) is 5.91 Å². The van der Waals surface area contributed by atoms with Crippen LogP contribution in [0, 0.1) is 13.8 Å². The summed E-state index contributed by atoms with van der Waals surface area (Å²) in [4.78, 5) is 19.4. The summed E-state index contributed by atoms with van der Waals surface area (Å²) >= 11 is 1.46. The molecule has 6 nitrogen and oxygen atoms in total. The molecule has 0 spiro atoms. The molecule has 0 radical (unpaired) electrons. The number of benzene rings is 2. The van der Waals surface area contributed by atoms with E-state index in [1.54, 1.807) is 6.20 Å². The van der Waals surface area contributed by atoms with Crippen molar-refractivity contribution in [1.82, 2.24) is 19.8 Å². The Morgan fingerprint density at radius 1 is 1.12 bits per heavy atom. The van der Waals surface area contributed by atoms with Crippen LogP contribution in [0.2, 0.25) is 0 Å². The third kappa shape index (κ3) is 5.79. The third-order valence-corrected chi connectivity index (χ3v) is 6.62. The minimum atomic E-state index is 0.00619. The molecule has 1 aromatic heterocycles. The molecule has 1 N–H and O–H groups in total. The summed E-state index contributed by atoms with van der Waals surface area (Å²) in [7, 11) is 0. The van der Waals surface area contributed by atoms with Crippen molar-refractivity contribution in [1.29, 1.82) is 0 Å². The Morgan fingerprint density at radius 2 is 1.91 bits per heavy atom. The highest BCUT2D eigenvalue weighted by molar-refractivity contribution is 7.99. The predicted molar refractivity (Wildman–Crippen MR) is 128 cm³/mol. The molecule has 32 heavy (non-hydrogen) atoms. The Morgan fingerprint density at radius 3 is 2.72 bits per heavy atom. The second-order valence-electron chi connectivity index (χ2n) is 8.09. The van der Waals surface area contributed by atoms with Gasteiger partial charge in [0.1, 0.15) is 0 Å². The molecule has 4 rings (SSSR count). The standard InChI is InChI=1S/C25H30N4O2S/c1-19-7-8-20(2)23(15-19)29-10-9-26-25(29)32-18-24(30)27-16-21-5-3-4-6-22(21)17-28-11-13-31-14-12-28/h3-10,15H,11-14,16-18H2,1-2H3,(H,27,30). The maximum atomic E-state index is 12.6. The molecule has 1 fully saturated rings. The van der Waals surface area contributed by atoms with Gasteiger partial charge >= 0.3 is 0 Å². The average Bonchev–Trinajstić information content (AvgIpc) is 3.28. The average molecular weight is 451 g/mol. The van der Waals surface area contributed by atoms with E-state index >= 15 is 0 Å². The summed E-state index contributed by atoms with van der Waals surface area (Å²) in [6.07, 6.45) is 3.73. The highest BCUT2D eigenvalue weighted by atomic mass is 32.2. The van der Waals surface area contributed by atoms with E-state index in [9.17, 15) is 4.79 Å². The van der Waals surface area contributed by atoms with E-state index in [1.807, 2.05) is 12.3 Å². The topological polar surface area (TPSA) is 59.4 Å². The summed E-state index contributed by atoms with van der Waals surface area (Å²) in [5.74, 6) is 0.333. The fourth-order valence-electron chi connectivity index (χ4n) is 3.82. The van der Waals surface area contributed by atoms with Crippen molar-refractivity contribution in [2.45, 2.75) is 32.1 Å². The fraction of sp³-hybridized carbons (Fsp3) is 0.360. The summed E-state index contributed by atoms with van der Waals surface area (Å²) in [6, 6.07) is 14.7. The minimum absolute atomic E-state index is 0.00619. The number of carbonyl (C=O) groups is 1. The molecule has 0 saturated carbocycles. The largest absolute Gasteiger partial charge is 0.379 e. The van der Waals surface area contributed by atoms with Crippen molar-refractivity contribution in [3.8, 4) is 5.69 Å². The minimum Gasteiger partial charge on any atom is -0.379 e. The molecule has 1 aliphatic rings. The molecule has 0 aliphatic carbocycles. The first-order chi connectivity index (χ1) is 15.6. The zero-order chi connectivity index (χ0) is 22.3. The molecule has 2 heterocycles. The highest BCUT2D eigenvalue weighted by Gasteiger charge is 2.14. The van der Waals surface area contributed by atoms with Gasteiger partial charge in [0, 0.05) is 38.6 Å². The number of nitrogens with one attached hydrogen (secondary N) is 1. The Labute approximate surface area is 194 Å². The van der Waals surface area contributed by atoms with E-state index in [0.29, 0.717) is 12.3 Å². The first-order valence-corrected chi connectivity index (χ1v) is 12.0. The third-order valence-electron chi connectivity index (χ3n) is 5.66. The molecule has 7 heteroatoms. The van der Waals surface area contributed by atoms with Gasteiger partial charge in [-0.2, -0.15) is 0 Å². The molecule has 0 bridgehead atoms. The van der Waals surface area contributed by atoms with E-state index < -0.39 is 0 Å². The number of nitrogens with zero attached hydrogens (tertiary/aromatic N) is 3. The smallest absolute Gasteiger partial charge is 0.230 e. The van der Waals surface area contributed by atoms with Gasteiger partial charge in [0.05, 0.1) is 24.7 Å². The maximum Gasteiger partial charge on any atom is 0.230 e. The first kappa shape index (κ1) is 22.6. The van der Waals surface area contributed by atoms with Gasteiger partial charge in [-0.05, 0) is 42.2 Å². The number of aryl methyl sites for hydroxylation is 2. The van der Waals surface area contributed by atoms with Crippen LogP contribution in [0.4, 0.5) is 0 Å². The van der Waals surface area contributed by atoms with Crippen LogP contribution >= 0.6 is 11.8 Å². The van der Waals surface area contributed by atoms with Gasteiger partial charge in [-0.1, -0.05) is 48.2 Å². The summed E-state index contributed by atoms with van der Waals surface area (Å²) < 4.78 is 7.50. The lowest BCUT2D eigenvalue weighted by atomic mass is 10.1. The number of aromatic nitrogens is 2. The predicted octanol–water partition coefficient (Wildman–Crippen LogP) is 3.73. The number of imidazole rings is 1. The van der Waals surface area contributed by atoms with E-state index in [2.05, 4.69) is 70.0 Å². The number of hydrogen-bond acceptors (Lipinski definition) is 5. The number of thioether (sulfide) groups is 1. The Bertz CT molecular complexity index is 1060. The second-order valence-corrected chi connectivity index (χ2v) is 9.03. The SMILES string of the molecule is Cc1ccc(C)c(-n2ccnc2SCC(=O)NCc2ccccc2CN2CCOCC2)c1. The number of rotatable bonds is 8. The van der Waals surface area contributed by atoms with Crippen LogP contribution in [0.1, 0.15) is 22.3 Å². The lowest BCUT2D eigenvalue weighted by Gasteiger charge is -2.27. The van der Waals surface area contributed by atoms with Crippen LogP contribution in [-0.4, -0.2) is 52.4 Å². The molecular weight excluding hydrogens is 420 g/mol. The molecule has 3 aromatic rings. The van der Waals surface area contributed by atoms with Crippen molar-refractivity contribution in [3.05, 3.63) is 77.1 Å². The highest BCUT2D eigenvalue weighted by Crippen LogP contribution is 2.23. The Hall–Kier alpha value is -2.61. The Balaban J connectivity index is 1.33. The van der Waals surface area contributed by atoms with Crippen LogP contribution in [0.25, 0.3) is 5.69 Å². The van der Waals surface area contributed by atoms with Crippen LogP contribution in [0.5, 0.6) is 0 Å². The molecule has 0 unspecified atom stereocenters. The summed E-state index contributed by atoms with van der Waals surface area (Å²) in [6.45, 7) is 9.06. The van der Waals surface area contributed by atoms with Crippen molar-refractivity contribution in [2.24, 2.45) is 0 Å². The molecule has 168 valence electrons.